The van der Waals surface area contributed by atoms with Crippen LogP contribution >= 0.6 is 12.4 Å². The molecule has 0 bridgehead atoms. The van der Waals surface area contributed by atoms with Gasteiger partial charge in [-0.25, -0.2) is 0 Å². The molecule has 1 aliphatic heterocycles. The molecule has 0 spiro atoms. The molecule has 1 heterocycles. The molecule has 1 unspecified atom stereocenters. The summed E-state index contributed by atoms with van der Waals surface area (Å²) in [7, 11) is 0. The lowest BCUT2D eigenvalue weighted by atomic mass is 10.0. The molecule has 1 atom stereocenters. The molecule has 0 radical (unpaired) electrons. The van der Waals surface area contributed by atoms with Crippen molar-refractivity contribution in [1.82, 2.24) is 10.6 Å². The first-order valence-electron chi connectivity index (χ1n) is 6.82. The quantitative estimate of drug-likeness (QED) is 0.795. The van der Waals surface area contributed by atoms with Crippen molar-refractivity contribution in [2.75, 3.05) is 19.6 Å². The number of hydrogen-bond acceptors (Lipinski definition) is 2. The number of nitrogens with one attached hydrogen (secondary N) is 2. The van der Waals surface area contributed by atoms with E-state index in [4.69, 9.17) is 0 Å². The first kappa shape index (κ1) is 14.8. The maximum absolute atomic E-state index is 11.6. The molecular formula is C13H25ClN2O. The average Bonchev–Trinajstić information content (AvgIpc) is 2.96. The number of carbonyl (C=O) groups is 1. The van der Waals surface area contributed by atoms with Gasteiger partial charge in [-0.1, -0.05) is 25.7 Å². The first-order valence-corrected chi connectivity index (χ1v) is 6.82. The highest BCUT2D eigenvalue weighted by Crippen LogP contribution is 2.28. The van der Waals surface area contributed by atoms with E-state index in [1.54, 1.807) is 0 Å². The van der Waals surface area contributed by atoms with Gasteiger partial charge in [-0.2, -0.15) is 0 Å². The van der Waals surface area contributed by atoms with Crippen LogP contribution in [0.15, 0.2) is 0 Å². The van der Waals surface area contributed by atoms with Gasteiger partial charge in [0.15, 0.2) is 0 Å². The summed E-state index contributed by atoms with van der Waals surface area (Å²) >= 11 is 0. The normalized spacial score (nSPS) is 24.6. The van der Waals surface area contributed by atoms with E-state index >= 15 is 0 Å². The van der Waals surface area contributed by atoms with Crippen LogP contribution in [-0.4, -0.2) is 25.5 Å². The van der Waals surface area contributed by atoms with Gasteiger partial charge in [-0.15, -0.1) is 12.4 Å². The van der Waals surface area contributed by atoms with Crippen LogP contribution in [0.2, 0.25) is 0 Å². The number of hydrogen-bond donors (Lipinski definition) is 2. The molecule has 17 heavy (non-hydrogen) atoms. The maximum atomic E-state index is 11.6. The van der Waals surface area contributed by atoms with Crippen LogP contribution in [0.3, 0.4) is 0 Å². The molecule has 4 heteroatoms. The zero-order chi connectivity index (χ0) is 11.2. The Morgan fingerprint density at radius 3 is 2.59 bits per heavy atom. The van der Waals surface area contributed by atoms with Crippen molar-refractivity contribution in [3.63, 3.8) is 0 Å². The molecule has 1 aliphatic carbocycles. The SMILES string of the molecule is Cl.O=C(CCC1CCCC1)NCC1CCNC1. The van der Waals surface area contributed by atoms with Crippen LogP contribution in [0.1, 0.15) is 44.9 Å². The summed E-state index contributed by atoms with van der Waals surface area (Å²) in [6, 6.07) is 0. The minimum Gasteiger partial charge on any atom is -0.356 e. The highest BCUT2D eigenvalue weighted by Gasteiger charge is 2.17. The van der Waals surface area contributed by atoms with Crippen LogP contribution < -0.4 is 10.6 Å². The van der Waals surface area contributed by atoms with Gasteiger partial charge in [0.2, 0.25) is 5.91 Å². The van der Waals surface area contributed by atoms with Crippen molar-refractivity contribution >= 4 is 18.3 Å². The van der Waals surface area contributed by atoms with Gasteiger partial charge in [0.05, 0.1) is 0 Å². The second kappa shape index (κ2) is 7.93. The Labute approximate surface area is 111 Å². The zero-order valence-corrected chi connectivity index (χ0v) is 11.4. The number of amides is 1. The Hall–Kier alpha value is -0.280. The largest absolute Gasteiger partial charge is 0.356 e. The molecule has 0 aromatic carbocycles. The lowest BCUT2D eigenvalue weighted by Crippen LogP contribution is -2.30. The van der Waals surface area contributed by atoms with E-state index in [9.17, 15) is 4.79 Å². The van der Waals surface area contributed by atoms with Crippen LogP contribution in [-0.2, 0) is 4.79 Å². The van der Waals surface area contributed by atoms with E-state index in [0.717, 1.165) is 38.4 Å². The minimum absolute atomic E-state index is 0. The van der Waals surface area contributed by atoms with E-state index < -0.39 is 0 Å². The Morgan fingerprint density at radius 2 is 1.94 bits per heavy atom. The van der Waals surface area contributed by atoms with Gasteiger partial charge in [-0.05, 0) is 37.8 Å². The van der Waals surface area contributed by atoms with Crippen molar-refractivity contribution in [2.45, 2.75) is 44.9 Å². The molecule has 2 rings (SSSR count). The topological polar surface area (TPSA) is 41.1 Å². The van der Waals surface area contributed by atoms with E-state index in [-0.39, 0.29) is 18.3 Å². The fraction of sp³-hybridized carbons (Fsp3) is 0.923. The molecule has 0 aromatic heterocycles. The standard InChI is InChI=1S/C13H24N2O.ClH/c16-13(6-5-11-3-1-2-4-11)15-10-12-7-8-14-9-12;/h11-12,14H,1-10H2,(H,15,16);1H. The second-order valence-corrected chi connectivity index (χ2v) is 5.35. The number of carbonyl (C=O) groups excluding carboxylic acids is 1. The van der Waals surface area contributed by atoms with E-state index in [2.05, 4.69) is 10.6 Å². The summed E-state index contributed by atoms with van der Waals surface area (Å²) in [5, 5.41) is 6.39. The summed E-state index contributed by atoms with van der Waals surface area (Å²) in [4.78, 5) is 11.6. The molecule has 3 nitrogen and oxygen atoms in total. The van der Waals surface area contributed by atoms with Gasteiger partial charge in [0.25, 0.3) is 0 Å². The molecular weight excluding hydrogens is 236 g/mol. The van der Waals surface area contributed by atoms with Crippen LogP contribution in [0.5, 0.6) is 0 Å². The van der Waals surface area contributed by atoms with Gasteiger partial charge in [-0.3, -0.25) is 4.79 Å². The predicted molar refractivity (Wildman–Crippen MR) is 72.4 cm³/mol. The molecule has 2 N–H and O–H groups in total. The van der Waals surface area contributed by atoms with E-state index in [1.807, 2.05) is 0 Å². The lowest BCUT2D eigenvalue weighted by Gasteiger charge is -2.11. The summed E-state index contributed by atoms with van der Waals surface area (Å²) < 4.78 is 0. The Bertz CT molecular complexity index is 201. The highest BCUT2D eigenvalue weighted by atomic mass is 35.5. The third-order valence-corrected chi connectivity index (χ3v) is 4.00. The monoisotopic (exact) mass is 260 g/mol. The number of rotatable bonds is 5. The fourth-order valence-electron chi connectivity index (χ4n) is 2.87. The Kier molecular flexibility index (Phi) is 6.90. The van der Waals surface area contributed by atoms with Gasteiger partial charge >= 0.3 is 0 Å². The van der Waals surface area contributed by atoms with Crippen molar-refractivity contribution in [3.8, 4) is 0 Å². The Morgan fingerprint density at radius 1 is 1.18 bits per heavy atom. The van der Waals surface area contributed by atoms with E-state index in [1.165, 1.54) is 32.1 Å². The third kappa shape index (κ3) is 5.26. The van der Waals surface area contributed by atoms with Crippen molar-refractivity contribution in [2.24, 2.45) is 11.8 Å². The number of halogens is 1. The van der Waals surface area contributed by atoms with Crippen LogP contribution in [0, 0.1) is 11.8 Å². The zero-order valence-electron chi connectivity index (χ0n) is 10.5. The summed E-state index contributed by atoms with van der Waals surface area (Å²) in [6.07, 6.45) is 8.50. The third-order valence-electron chi connectivity index (χ3n) is 4.00. The molecule has 1 amide bonds. The molecule has 100 valence electrons. The summed E-state index contributed by atoms with van der Waals surface area (Å²) in [5.41, 5.74) is 0. The first-order chi connectivity index (χ1) is 7.84. The average molecular weight is 261 g/mol. The highest BCUT2D eigenvalue weighted by molar-refractivity contribution is 5.85. The molecule has 1 saturated heterocycles. The lowest BCUT2D eigenvalue weighted by molar-refractivity contribution is -0.121. The fourth-order valence-corrected chi connectivity index (χ4v) is 2.87. The van der Waals surface area contributed by atoms with Crippen molar-refractivity contribution in [1.29, 1.82) is 0 Å². The van der Waals surface area contributed by atoms with Gasteiger partial charge < -0.3 is 10.6 Å². The molecule has 1 saturated carbocycles. The van der Waals surface area contributed by atoms with Crippen LogP contribution in [0.4, 0.5) is 0 Å². The van der Waals surface area contributed by atoms with Crippen molar-refractivity contribution < 1.29 is 4.79 Å². The van der Waals surface area contributed by atoms with Crippen molar-refractivity contribution in [3.05, 3.63) is 0 Å². The predicted octanol–water partition coefficient (Wildman–Crippen LogP) is 2.10. The minimum atomic E-state index is 0. The molecule has 2 aliphatic rings. The van der Waals surface area contributed by atoms with Gasteiger partial charge in [0.1, 0.15) is 0 Å². The molecule has 0 aromatic rings. The summed E-state index contributed by atoms with van der Waals surface area (Å²) in [6.45, 7) is 3.06. The second-order valence-electron chi connectivity index (χ2n) is 5.35. The van der Waals surface area contributed by atoms with Gasteiger partial charge in [0, 0.05) is 13.0 Å². The van der Waals surface area contributed by atoms with E-state index in [0.29, 0.717) is 5.92 Å². The summed E-state index contributed by atoms with van der Waals surface area (Å²) in [5.74, 6) is 1.76. The molecule has 2 fully saturated rings. The van der Waals surface area contributed by atoms with Crippen LogP contribution in [0.25, 0.3) is 0 Å². The Balaban J connectivity index is 0.00000144. The smallest absolute Gasteiger partial charge is 0.220 e. The maximum Gasteiger partial charge on any atom is 0.220 e.